The minimum atomic E-state index is -1.46. The number of amides is 2. The number of nitrogens with one attached hydrogen (secondary N) is 2. The second-order valence-corrected chi connectivity index (χ2v) is 5.44. The van der Waals surface area contributed by atoms with Gasteiger partial charge in [0.05, 0.1) is 16.1 Å². The Morgan fingerprint density at radius 1 is 1.39 bits per heavy atom. The van der Waals surface area contributed by atoms with Crippen LogP contribution in [0.1, 0.15) is 40.5 Å². The van der Waals surface area contributed by atoms with Gasteiger partial charge in [0.15, 0.2) is 0 Å². The lowest BCUT2D eigenvalue weighted by atomic mass is 9.90. The number of benzene rings is 1. The summed E-state index contributed by atoms with van der Waals surface area (Å²) in [5.74, 6) is -2.58. The number of rotatable bonds is 4. The van der Waals surface area contributed by atoms with Crippen LogP contribution < -0.4 is 10.6 Å². The van der Waals surface area contributed by atoms with Gasteiger partial charge in [-0.1, -0.05) is 0 Å². The molecule has 0 unspecified atom stereocenters. The van der Waals surface area contributed by atoms with Crippen molar-refractivity contribution < 1.29 is 24.4 Å². The molecule has 0 aliphatic carbocycles. The third-order valence-electron chi connectivity index (χ3n) is 3.72. The SMILES string of the molecule is C[C@@]1(NC(=O)c2ccc([N+](=O)[O-])cc2C(=O)O)CCCNC1=O. The predicted octanol–water partition coefficient (Wildman–Crippen LogP) is 0.691. The second-order valence-electron chi connectivity index (χ2n) is 5.44. The van der Waals surface area contributed by atoms with Crippen LogP contribution in [-0.2, 0) is 4.79 Å². The molecule has 1 aromatic rings. The first kappa shape index (κ1) is 16.4. The average Bonchev–Trinajstić information content (AvgIpc) is 2.49. The maximum atomic E-state index is 12.3. The van der Waals surface area contributed by atoms with Gasteiger partial charge in [-0.15, -0.1) is 0 Å². The van der Waals surface area contributed by atoms with E-state index in [2.05, 4.69) is 10.6 Å². The first-order valence-electron chi connectivity index (χ1n) is 6.87. The van der Waals surface area contributed by atoms with E-state index in [1.54, 1.807) is 6.92 Å². The third kappa shape index (κ3) is 3.28. The van der Waals surface area contributed by atoms with E-state index in [4.69, 9.17) is 5.11 Å². The number of carbonyl (C=O) groups is 3. The summed E-state index contributed by atoms with van der Waals surface area (Å²) in [6.07, 6.45) is 1.09. The van der Waals surface area contributed by atoms with Crippen LogP contribution in [0.25, 0.3) is 0 Å². The molecule has 1 aromatic carbocycles. The molecule has 3 N–H and O–H groups in total. The summed E-state index contributed by atoms with van der Waals surface area (Å²) in [5.41, 5.74) is -2.30. The van der Waals surface area contributed by atoms with Gasteiger partial charge in [0.1, 0.15) is 5.54 Å². The van der Waals surface area contributed by atoms with Crippen LogP contribution in [0.15, 0.2) is 18.2 Å². The Balaban J connectivity index is 2.33. The molecule has 2 amide bonds. The molecule has 1 saturated heterocycles. The highest BCUT2D eigenvalue weighted by atomic mass is 16.6. The fourth-order valence-electron chi connectivity index (χ4n) is 2.41. The molecule has 0 bridgehead atoms. The average molecular weight is 321 g/mol. The number of non-ortho nitro benzene ring substituents is 1. The lowest BCUT2D eigenvalue weighted by molar-refractivity contribution is -0.384. The van der Waals surface area contributed by atoms with Crippen molar-refractivity contribution in [2.24, 2.45) is 0 Å². The number of carboxylic acids is 1. The molecular formula is C14H15N3O6. The monoisotopic (exact) mass is 321 g/mol. The van der Waals surface area contributed by atoms with Gasteiger partial charge in [0, 0.05) is 18.7 Å². The van der Waals surface area contributed by atoms with Crippen LogP contribution in [0.5, 0.6) is 0 Å². The first-order valence-corrected chi connectivity index (χ1v) is 6.87. The molecule has 1 atom stereocenters. The number of nitro benzene ring substituents is 1. The summed E-state index contributed by atoms with van der Waals surface area (Å²) in [4.78, 5) is 45.5. The quantitative estimate of drug-likeness (QED) is 0.551. The Morgan fingerprint density at radius 2 is 2.09 bits per heavy atom. The Labute approximate surface area is 130 Å². The van der Waals surface area contributed by atoms with E-state index in [0.29, 0.717) is 19.4 Å². The topological polar surface area (TPSA) is 139 Å². The van der Waals surface area contributed by atoms with Crippen molar-refractivity contribution in [1.82, 2.24) is 10.6 Å². The van der Waals surface area contributed by atoms with Crippen molar-refractivity contribution >= 4 is 23.5 Å². The number of piperidine rings is 1. The number of hydrogen-bond donors (Lipinski definition) is 3. The fraction of sp³-hybridized carbons (Fsp3) is 0.357. The Bertz CT molecular complexity index is 702. The largest absolute Gasteiger partial charge is 0.478 e. The zero-order valence-electron chi connectivity index (χ0n) is 12.3. The number of carboxylic acid groups (broad SMARTS) is 1. The van der Waals surface area contributed by atoms with Crippen molar-refractivity contribution in [1.29, 1.82) is 0 Å². The molecular weight excluding hydrogens is 306 g/mol. The van der Waals surface area contributed by atoms with Crippen molar-refractivity contribution in [3.63, 3.8) is 0 Å². The van der Waals surface area contributed by atoms with Gasteiger partial charge in [-0.3, -0.25) is 19.7 Å². The first-order chi connectivity index (χ1) is 10.7. The van der Waals surface area contributed by atoms with Crippen molar-refractivity contribution in [3.8, 4) is 0 Å². The van der Waals surface area contributed by atoms with Crippen LogP contribution >= 0.6 is 0 Å². The van der Waals surface area contributed by atoms with E-state index >= 15 is 0 Å². The van der Waals surface area contributed by atoms with Gasteiger partial charge in [-0.05, 0) is 25.8 Å². The maximum Gasteiger partial charge on any atom is 0.336 e. The summed E-state index contributed by atoms with van der Waals surface area (Å²) in [6.45, 7) is 2.06. The number of nitrogens with zero attached hydrogens (tertiary/aromatic N) is 1. The van der Waals surface area contributed by atoms with Gasteiger partial charge in [-0.25, -0.2) is 4.79 Å². The summed E-state index contributed by atoms with van der Waals surface area (Å²) in [6, 6.07) is 2.94. The van der Waals surface area contributed by atoms with Crippen LogP contribution in [0.3, 0.4) is 0 Å². The summed E-state index contributed by atoms with van der Waals surface area (Å²) in [5, 5.41) is 25.0. The maximum absolute atomic E-state index is 12.3. The van der Waals surface area contributed by atoms with Crippen LogP contribution in [0, 0.1) is 10.1 Å². The molecule has 0 saturated carbocycles. The molecule has 0 radical (unpaired) electrons. The van der Waals surface area contributed by atoms with E-state index in [-0.39, 0.29) is 11.5 Å². The van der Waals surface area contributed by atoms with Gasteiger partial charge in [-0.2, -0.15) is 0 Å². The van der Waals surface area contributed by atoms with Crippen molar-refractivity contribution in [2.45, 2.75) is 25.3 Å². The van der Waals surface area contributed by atoms with Gasteiger partial charge < -0.3 is 15.7 Å². The van der Waals surface area contributed by atoms with Crippen LogP contribution in [0.4, 0.5) is 5.69 Å². The second kappa shape index (κ2) is 6.03. The highest BCUT2D eigenvalue weighted by Crippen LogP contribution is 2.21. The van der Waals surface area contributed by atoms with Crippen LogP contribution in [-0.4, -0.2) is 39.9 Å². The van der Waals surface area contributed by atoms with E-state index in [1.165, 1.54) is 0 Å². The van der Waals surface area contributed by atoms with Crippen molar-refractivity contribution in [2.75, 3.05) is 6.54 Å². The van der Waals surface area contributed by atoms with Crippen LogP contribution in [0.2, 0.25) is 0 Å². The predicted molar refractivity (Wildman–Crippen MR) is 78.2 cm³/mol. The summed E-state index contributed by atoms with van der Waals surface area (Å²) >= 11 is 0. The van der Waals surface area contributed by atoms with E-state index in [9.17, 15) is 24.5 Å². The highest BCUT2D eigenvalue weighted by Gasteiger charge is 2.37. The zero-order valence-corrected chi connectivity index (χ0v) is 12.3. The van der Waals surface area contributed by atoms with E-state index < -0.39 is 33.6 Å². The van der Waals surface area contributed by atoms with Gasteiger partial charge >= 0.3 is 5.97 Å². The molecule has 9 nitrogen and oxygen atoms in total. The number of hydrogen-bond acceptors (Lipinski definition) is 5. The summed E-state index contributed by atoms with van der Waals surface area (Å²) in [7, 11) is 0. The number of carbonyl (C=O) groups excluding carboxylic acids is 2. The lowest BCUT2D eigenvalue weighted by Gasteiger charge is -2.33. The molecule has 1 aliphatic heterocycles. The summed E-state index contributed by atoms with van der Waals surface area (Å²) < 4.78 is 0. The Kier molecular flexibility index (Phi) is 4.30. The zero-order chi connectivity index (χ0) is 17.2. The van der Waals surface area contributed by atoms with E-state index in [1.807, 2.05) is 0 Å². The molecule has 9 heteroatoms. The lowest BCUT2D eigenvalue weighted by Crippen LogP contribution is -2.59. The molecule has 1 heterocycles. The normalized spacial score (nSPS) is 20.5. The fourth-order valence-corrected chi connectivity index (χ4v) is 2.41. The van der Waals surface area contributed by atoms with Crippen molar-refractivity contribution in [3.05, 3.63) is 39.4 Å². The standard InChI is InChI=1S/C14H15N3O6/c1-14(5-2-6-15-13(14)21)16-11(18)9-4-3-8(17(22)23)7-10(9)12(19)20/h3-4,7H,2,5-6H2,1H3,(H,15,21)(H,16,18)(H,19,20)/t14-/m1/s1. The molecule has 23 heavy (non-hydrogen) atoms. The minimum Gasteiger partial charge on any atom is -0.478 e. The Morgan fingerprint density at radius 3 is 2.65 bits per heavy atom. The van der Waals surface area contributed by atoms with E-state index in [0.717, 1.165) is 18.2 Å². The number of nitro groups is 1. The smallest absolute Gasteiger partial charge is 0.336 e. The molecule has 122 valence electrons. The number of aromatic carboxylic acids is 1. The highest BCUT2D eigenvalue weighted by molar-refractivity contribution is 6.07. The minimum absolute atomic E-state index is 0.234. The van der Waals surface area contributed by atoms with Gasteiger partial charge in [0.25, 0.3) is 11.6 Å². The molecule has 2 rings (SSSR count). The third-order valence-corrected chi connectivity index (χ3v) is 3.72. The molecule has 0 aromatic heterocycles. The molecule has 1 fully saturated rings. The Hall–Kier alpha value is -2.97. The molecule has 1 aliphatic rings. The van der Waals surface area contributed by atoms with Gasteiger partial charge in [0.2, 0.25) is 5.91 Å². The molecule has 0 spiro atoms.